The number of carbonyl (C=O) groups excluding carboxylic acids is 1. The maximum Gasteiger partial charge on any atom is 0.287 e. The molecule has 0 saturated carbocycles. The van der Waals surface area contributed by atoms with Crippen LogP contribution in [0, 0.1) is 6.92 Å². The summed E-state index contributed by atoms with van der Waals surface area (Å²) in [5.41, 5.74) is 4.98. The second-order valence-electron chi connectivity index (χ2n) is 8.10. The van der Waals surface area contributed by atoms with Gasteiger partial charge in [0.15, 0.2) is 5.76 Å². The van der Waals surface area contributed by atoms with Gasteiger partial charge in [0.05, 0.1) is 12.2 Å². The van der Waals surface area contributed by atoms with Crippen molar-refractivity contribution in [2.24, 2.45) is 0 Å². The Morgan fingerprint density at radius 3 is 2.87 bits per heavy atom. The van der Waals surface area contributed by atoms with Gasteiger partial charge in [-0.05, 0) is 50.0 Å². The Labute approximate surface area is 180 Å². The first kappa shape index (κ1) is 19.4. The lowest BCUT2D eigenvalue weighted by Gasteiger charge is -2.30. The van der Waals surface area contributed by atoms with Crippen LogP contribution in [0.1, 0.15) is 39.4 Å². The highest BCUT2D eigenvalue weighted by atomic mass is 35.5. The predicted molar refractivity (Wildman–Crippen MR) is 116 cm³/mol. The highest BCUT2D eigenvalue weighted by Crippen LogP contribution is 2.38. The zero-order valence-corrected chi connectivity index (χ0v) is 17.8. The van der Waals surface area contributed by atoms with Crippen molar-refractivity contribution >= 4 is 17.5 Å². The number of hydrogen-bond acceptors (Lipinski definition) is 4. The van der Waals surface area contributed by atoms with Crippen LogP contribution in [0.2, 0.25) is 5.02 Å². The molecule has 1 N–H and O–H groups in total. The van der Waals surface area contributed by atoms with Gasteiger partial charge in [0, 0.05) is 41.9 Å². The first-order valence-electron chi connectivity index (χ1n) is 10.5. The molecule has 5 rings (SSSR count). The predicted octanol–water partition coefficient (Wildman–Crippen LogP) is 3.69. The zero-order valence-electron chi connectivity index (χ0n) is 17.1. The molecular weight excluding hydrogens is 400 g/mol. The molecule has 0 bridgehead atoms. The molecule has 0 atom stereocenters. The van der Waals surface area contributed by atoms with E-state index in [1.54, 1.807) is 0 Å². The van der Waals surface area contributed by atoms with E-state index in [2.05, 4.69) is 16.4 Å². The number of benzene rings is 1. The summed E-state index contributed by atoms with van der Waals surface area (Å²) in [5.74, 6) is 1.13. The van der Waals surface area contributed by atoms with Gasteiger partial charge in [-0.25, -0.2) is 0 Å². The van der Waals surface area contributed by atoms with E-state index in [0.29, 0.717) is 18.8 Å². The number of aryl methyl sites for hydroxylation is 2. The molecule has 3 aromatic rings. The summed E-state index contributed by atoms with van der Waals surface area (Å²) in [6, 6.07) is 7.82. The minimum absolute atomic E-state index is 0.139. The molecule has 30 heavy (non-hydrogen) atoms. The van der Waals surface area contributed by atoms with E-state index in [0.717, 1.165) is 65.6 Å². The maximum atomic E-state index is 12.7. The molecule has 1 aliphatic carbocycles. The van der Waals surface area contributed by atoms with E-state index < -0.39 is 0 Å². The Hall–Kier alpha value is -2.57. The van der Waals surface area contributed by atoms with Gasteiger partial charge in [-0.1, -0.05) is 29.8 Å². The van der Waals surface area contributed by atoms with Crippen LogP contribution in [0.3, 0.4) is 0 Å². The van der Waals surface area contributed by atoms with Crippen molar-refractivity contribution < 1.29 is 9.21 Å². The van der Waals surface area contributed by atoms with Crippen molar-refractivity contribution in [1.82, 2.24) is 20.0 Å². The van der Waals surface area contributed by atoms with Gasteiger partial charge in [-0.15, -0.1) is 0 Å². The highest BCUT2D eigenvalue weighted by Gasteiger charge is 2.29. The third-order valence-electron chi connectivity index (χ3n) is 6.07. The second-order valence-corrected chi connectivity index (χ2v) is 8.50. The normalized spacial score (nSPS) is 15.4. The molecule has 7 heteroatoms. The molecule has 1 aliphatic heterocycles. The average molecular weight is 425 g/mol. The maximum absolute atomic E-state index is 12.7. The van der Waals surface area contributed by atoms with Gasteiger partial charge in [0.1, 0.15) is 5.76 Å². The summed E-state index contributed by atoms with van der Waals surface area (Å²) in [7, 11) is 0. The highest BCUT2D eigenvalue weighted by molar-refractivity contribution is 6.31. The molecule has 156 valence electrons. The minimum atomic E-state index is -0.139. The molecule has 1 aromatic carbocycles. The smallest absolute Gasteiger partial charge is 0.287 e. The molecule has 3 heterocycles. The van der Waals surface area contributed by atoms with Gasteiger partial charge in [-0.3, -0.25) is 9.48 Å². The van der Waals surface area contributed by atoms with Crippen LogP contribution < -0.4 is 5.32 Å². The SMILES string of the molecule is Cc1c(C(=O)NCCN2CCC2)oc2c1-c1nn(Cc3ccccc3Cl)cc1CC2. The van der Waals surface area contributed by atoms with E-state index in [-0.39, 0.29) is 5.91 Å². The van der Waals surface area contributed by atoms with Crippen LogP contribution >= 0.6 is 11.6 Å². The summed E-state index contributed by atoms with van der Waals surface area (Å²) in [6.45, 7) is 6.36. The van der Waals surface area contributed by atoms with Crippen molar-refractivity contribution in [2.75, 3.05) is 26.2 Å². The summed E-state index contributed by atoms with van der Waals surface area (Å²) in [5, 5.41) is 8.57. The summed E-state index contributed by atoms with van der Waals surface area (Å²) in [4.78, 5) is 15.0. The molecule has 1 saturated heterocycles. The first-order valence-corrected chi connectivity index (χ1v) is 10.9. The lowest BCUT2D eigenvalue weighted by atomic mass is 9.93. The summed E-state index contributed by atoms with van der Waals surface area (Å²) >= 11 is 6.32. The number of halogens is 1. The Bertz CT molecular complexity index is 1100. The van der Waals surface area contributed by atoms with Gasteiger partial charge in [0.2, 0.25) is 0 Å². The van der Waals surface area contributed by atoms with Gasteiger partial charge < -0.3 is 14.6 Å². The topological polar surface area (TPSA) is 63.3 Å². The summed E-state index contributed by atoms with van der Waals surface area (Å²) < 4.78 is 7.93. The molecule has 1 fully saturated rings. The van der Waals surface area contributed by atoms with Crippen LogP contribution in [-0.2, 0) is 19.4 Å². The van der Waals surface area contributed by atoms with Gasteiger partial charge in [-0.2, -0.15) is 5.10 Å². The number of furan rings is 1. The molecular formula is C23H25ClN4O2. The van der Waals surface area contributed by atoms with Crippen LogP contribution in [0.4, 0.5) is 0 Å². The third-order valence-corrected chi connectivity index (χ3v) is 6.44. The van der Waals surface area contributed by atoms with E-state index in [4.69, 9.17) is 21.1 Å². The molecule has 0 spiro atoms. The van der Waals surface area contributed by atoms with Crippen LogP contribution in [-0.4, -0.2) is 46.8 Å². The standard InChI is InChI=1S/C23H25ClN4O2/c1-15-20-19(30-22(15)23(29)25-9-12-27-10-4-11-27)8-7-17-14-28(26-21(17)20)13-16-5-2-3-6-18(16)24/h2-3,5-6,14H,4,7-13H2,1H3,(H,25,29). The zero-order chi connectivity index (χ0) is 20.7. The van der Waals surface area contributed by atoms with E-state index in [1.807, 2.05) is 35.9 Å². The minimum Gasteiger partial charge on any atom is -0.455 e. The van der Waals surface area contributed by atoms with Crippen LogP contribution in [0.25, 0.3) is 11.3 Å². The van der Waals surface area contributed by atoms with Crippen LogP contribution in [0.15, 0.2) is 34.9 Å². The molecule has 0 unspecified atom stereocenters. The van der Waals surface area contributed by atoms with Crippen molar-refractivity contribution in [1.29, 1.82) is 0 Å². The summed E-state index contributed by atoms with van der Waals surface area (Å²) in [6.07, 6.45) is 4.97. The van der Waals surface area contributed by atoms with Crippen molar-refractivity contribution in [3.8, 4) is 11.3 Å². The lowest BCUT2D eigenvalue weighted by Crippen LogP contribution is -2.42. The number of nitrogens with one attached hydrogen (secondary N) is 1. The Morgan fingerprint density at radius 2 is 2.10 bits per heavy atom. The van der Waals surface area contributed by atoms with E-state index in [1.165, 1.54) is 12.0 Å². The number of rotatable bonds is 6. The van der Waals surface area contributed by atoms with Gasteiger partial charge in [0.25, 0.3) is 5.91 Å². The Kier molecular flexibility index (Phi) is 5.13. The number of amides is 1. The Balaban J connectivity index is 1.37. The fourth-order valence-electron chi connectivity index (χ4n) is 4.28. The first-order chi connectivity index (χ1) is 14.6. The number of aromatic nitrogens is 2. The number of likely N-dealkylation sites (tertiary alicyclic amines) is 1. The number of fused-ring (bicyclic) bond motifs is 3. The third kappa shape index (κ3) is 3.55. The van der Waals surface area contributed by atoms with Crippen molar-refractivity contribution in [3.63, 3.8) is 0 Å². The fraction of sp³-hybridized carbons (Fsp3) is 0.391. The quantitative estimate of drug-likeness (QED) is 0.655. The Morgan fingerprint density at radius 1 is 1.27 bits per heavy atom. The van der Waals surface area contributed by atoms with Crippen molar-refractivity contribution in [2.45, 2.75) is 32.7 Å². The van der Waals surface area contributed by atoms with Crippen LogP contribution in [0.5, 0.6) is 0 Å². The van der Waals surface area contributed by atoms with E-state index in [9.17, 15) is 4.79 Å². The number of carbonyl (C=O) groups is 1. The number of nitrogens with zero attached hydrogens (tertiary/aromatic N) is 3. The van der Waals surface area contributed by atoms with Gasteiger partial charge >= 0.3 is 0 Å². The second kappa shape index (κ2) is 7.93. The average Bonchev–Trinajstić information content (AvgIpc) is 3.25. The number of hydrogen-bond donors (Lipinski definition) is 1. The molecule has 1 amide bonds. The molecule has 6 nitrogen and oxygen atoms in total. The monoisotopic (exact) mass is 424 g/mol. The lowest BCUT2D eigenvalue weighted by molar-refractivity contribution is 0.0911. The molecule has 2 aromatic heterocycles. The molecule has 0 radical (unpaired) electrons. The molecule has 2 aliphatic rings. The van der Waals surface area contributed by atoms with Crippen molar-refractivity contribution in [3.05, 3.63) is 63.7 Å². The fourth-order valence-corrected chi connectivity index (χ4v) is 4.47. The largest absolute Gasteiger partial charge is 0.455 e. The van der Waals surface area contributed by atoms with E-state index >= 15 is 0 Å².